The number of methoxy groups -OCH3 is 1. The van der Waals surface area contributed by atoms with Crippen molar-refractivity contribution >= 4 is 23.4 Å². The molecule has 2 heterocycles. The zero-order valence-electron chi connectivity index (χ0n) is 26.2. The smallest absolute Gasteiger partial charge is 0.244 e. The number of hydrogen-bond acceptors (Lipinski definition) is 6. The van der Waals surface area contributed by atoms with Crippen LogP contribution < -0.4 is 10.1 Å². The van der Waals surface area contributed by atoms with Gasteiger partial charge in [0.05, 0.1) is 7.11 Å². The number of carbonyl (C=O) groups is 3. The van der Waals surface area contributed by atoms with E-state index in [0.717, 1.165) is 73.6 Å². The first-order valence-corrected chi connectivity index (χ1v) is 15.9. The van der Waals surface area contributed by atoms with Gasteiger partial charge in [0.2, 0.25) is 11.8 Å². The molecule has 2 amide bonds. The molecule has 232 valence electrons. The van der Waals surface area contributed by atoms with Gasteiger partial charge in [-0.1, -0.05) is 37.8 Å². The summed E-state index contributed by atoms with van der Waals surface area (Å²) in [5, 5.41) is 11.3. The van der Waals surface area contributed by atoms with Crippen molar-refractivity contribution in [3.63, 3.8) is 0 Å². The molecule has 8 heteroatoms. The number of ether oxygens (including phenoxy) is 1. The molecule has 1 aliphatic carbocycles. The molecule has 0 saturated carbocycles. The fraction of sp³-hybridized carbons (Fsp3) is 0.500. The molecule has 3 atom stereocenters. The minimum atomic E-state index is -1.03. The second-order valence-corrected chi connectivity index (χ2v) is 12.5. The molecule has 2 fully saturated rings. The number of likely N-dealkylation sites (N-methyl/N-ethyl adjacent to an activating group) is 1. The molecule has 2 aliphatic heterocycles. The first kappa shape index (κ1) is 31.5. The zero-order valence-corrected chi connectivity index (χ0v) is 26.2. The molecule has 44 heavy (non-hydrogen) atoms. The lowest BCUT2D eigenvalue weighted by Crippen LogP contribution is -2.48. The van der Waals surface area contributed by atoms with E-state index in [1.165, 1.54) is 0 Å². The van der Waals surface area contributed by atoms with Crippen molar-refractivity contribution in [3.8, 4) is 17.6 Å². The number of Topliss-reactive ketones (excluding diaryl/α,β-unsaturated/α-hetero) is 1. The van der Waals surface area contributed by atoms with Crippen molar-refractivity contribution in [1.82, 2.24) is 15.1 Å². The summed E-state index contributed by atoms with van der Waals surface area (Å²) < 4.78 is 5.38. The maximum absolute atomic E-state index is 13.6. The lowest BCUT2D eigenvalue weighted by molar-refractivity contribution is -0.134. The van der Waals surface area contributed by atoms with Gasteiger partial charge in [0.1, 0.15) is 17.0 Å². The molecule has 8 nitrogen and oxygen atoms in total. The molecule has 0 spiro atoms. The number of piperazine rings is 1. The summed E-state index contributed by atoms with van der Waals surface area (Å²) in [6, 6.07) is 13.3. The number of ketones is 1. The number of benzene rings is 2. The Hall–Kier alpha value is -3.96. The zero-order chi connectivity index (χ0) is 31.3. The van der Waals surface area contributed by atoms with Gasteiger partial charge in [0, 0.05) is 55.7 Å². The van der Waals surface area contributed by atoms with Crippen LogP contribution in [-0.4, -0.2) is 73.1 Å². The molecule has 3 unspecified atom stereocenters. The fourth-order valence-electron chi connectivity index (χ4n) is 6.88. The topological polar surface area (TPSA) is 103 Å². The molecule has 2 N–H and O–H groups in total. The van der Waals surface area contributed by atoms with Crippen LogP contribution in [0.1, 0.15) is 79.4 Å². The average Bonchev–Trinajstić information content (AvgIpc) is 3.29. The first-order valence-electron chi connectivity index (χ1n) is 15.9. The second-order valence-electron chi connectivity index (χ2n) is 12.5. The number of amides is 2. The van der Waals surface area contributed by atoms with E-state index in [9.17, 15) is 14.4 Å². The van der Waals surface area contributed by atoms with Crippen molar-refractivity contribution < 1.29 is 19.1 Å². The van der Waals surface area contributed by atoms with Crippen LogP contribution in [0, 0.1) is 34.5 Å². The summed E-state index contributed by atoms with van der Waals surface area (Å²) in [5.41, 5.74) is 2.35. The quantitative estimate of drug-likeness (QED) is 0.165. The van der Waals surface area contributed by atoms with Gasteiger partial charge < -0.3 is 14.5 Å². The van der Waals surface area contributed by atoms with E-state index in [0.29, 0.717) is 37.9 Å². The predicted octanol–water partition coefficient (Wildman–Crippen LogP) is 4.68. The van der Waals surface area contributed by atoms with Crippen LogP contribution in [0.4, 0.5) is 0 Å². The molecule has 0 aromatic heterocycles. The number of nitrogens with one attached hydrogen (secondary N) is 2. The molecule has 2 aromatic carbocycles. The molecular formula is C36H44N4O4. The average molecular weight is 597 g/mol. The van der Waals surface area contributed by atoms with Gasteiger partial charge in [-0.3, -0.25) is 25.1 Å². The number of rotatable bonds is 6. The van der Waals surface area contributed by atoms with Crippen LogP contribution >= 0.6 is 0 Å². The summed E-state index contributed by atoms with van der Waals surface area (Å²) in [4.78, 5) is 43.7. The third-order valence-corrected chi connectivity index (χ3v) is 9.76. The van der Waals surface area contributed by atoms with E-state index in [1.807, 2.05) is 42.5 Å². The van der Waals surface area contributed by atoms with Gasteiger partial charge in [0.25, 0.3) is 0 Å². The van der Waals surface area contributed by atoms with Gasteiger partial charge in [-0.2, -0.15) is 0 Å². The Morgan fingerprint density at radius 3 is 2.55 bits per heavy atom. The Kier molecular flexibility index (Phi) is 9.85. The monoisotopic (exact) mass is 596 g/mol. The van der Waals surface area contributed by atoms with Crippen molar-refractivity contribution in [3.05, 3.63) is 64.7 Å². The van der Waals surface area contributed by atoms with Gasteiger partial charge in [-0.05, 0) is 86.4 Å². The van der Waals surface area contributed by atoms with Crippen LogP contribution in [0.25, 0.3) is 0 Å². The van der Waals surface area contributed by atoms with Crippen LogP contribution in [0.15, 0.2) is 42.5 Å². The molecular weight excluding hydrogens is 552 g/mol. The molecule has 2 aromatic rings. The van der Waals surface area contributed by atoms with Crippen LogP contribution in [0.3, 0.4) is 0 Å². The standard InChI is InChI=1S/C36H44N4O4/c1-4-39-18-20-40(21-19-39)34(37)27-9-7-26(8-10-27)15-17-36(16-5-6-33(42)38-35(36)43)24-25(2)28-11-12-29-22-30(44-3)13-14-31(29)32(41)23-28/h7-10,13-14,22,25,28,37H,4-6,11-12,16,18-21,23-24H2,1-3H3,(H,38,42,43). The normalized spacial score (nSPS) is 23.4. The van der Waals surface area contributed by atoms with Crippen LogP contribution in [0.5, 0.6) is 5.75 Å². The van der Waals surface area contributed by atoms with Crippen LogP contribution in [-0.2, 0) is 16.0 Å². The lowest BCUT2D eigenvalue weighted by atomic mass is 9.71. The van der Waals surface area contributed by atoms with Crippen LogP contribution in [0.2, 0.25) is 0 Å². The van der Waals surface area contributed by atoms with Gasteiger partial charge in [-0.25, -0.2) is 0 Å². The second kappa shape index (κ2) is 13.8. The summed E-state index contributed by atoms with van der Waals surface area (Å²) in [6.07, 6.45) is 3.87. The highest BCUT2D eigenvalue weighted by atomic mass is 16.5. The number of aryl methyl sites for hydroxylation is 1. The third-order valence-electron chi connectivity index (χ3n) is 9.76. The third kappa shape index (κ3) is 7.05. The number of hydrogen-bond donors (Lipinski definition) is 2. The Morgan fingerprint density at radius 1 is 1.09 bits per heavy atom. The number of imide groups is 1. The van der Waals surface area contributed by atoms with E-state index >= 15 is 0 Å². The van der Waals surface area contributed by atoms with E-state index in [4.69, 9.17) is 10.1 Å². The first-order chi connectivity index (χ1) is 21.2. The number of fused-ring (bicyclic) bond motifs is 1. The molecule has 3 aliphatic rings. The molecule has 2 saturated heterocycles. The predicted molar refractivity (Wildman–Crippen MR) is 171 cm³/mol. The fourth-order valence-corrected chi connectivity index (χ4v) is 6.88. The van der Waals surface area contributed by atoms with E-state index in [1.54, 1.807) is 7.11 Å². The number of amidine groups is 1. The summed E-state index contributed by atoms with van der Waals surface area (Å²) in [6.45, 7) is 8.92. The summed E-state index contributed by atoms with van der Waals surface area (Å²) in [7, 11) is 1.63. The maximum Gasteiger partial charge on any atom is 0.244 e. The number of carbonyl (C=O) groups excluding carboxylic acids is 3. The molecule has 0 bridgehead atoms. The van der Waals surface area contributed by atoms with Gasteiger partial charge in [0.15, 0.2) is 5.78 Å². The Labute approximate surface area is 261 Å². The maximum atomic E-state index is 13.6. The van der Waals surface area contributed by atoms with E-state index in [-0.39, 0.29) is 29.4 Å². The Balaban J connectivity index is 1.33. The van der Waals surface area contributed by atoms with Crippen molar-refractivity contribution in [2.45, 2.75) is 58.8 Å². The summed E-state index contributed by atoms with van der Waals surface area (Å²) in [5.74, 6) is 7.50. The highest BCUT2D eigenvalue weighted by Gasteiger charge is 2.42. The summed E-state index contributed by atoms with van der Waals surface area (Å²) >= 11 is 0. The minimum Gasteiger partial charge on any atom is -0.497 e. The van der Waals surface area contributed by atoms with Crippen molar-refractivity contribution in [2.75, 3.05) is 39.8 Å². The van der Waals surface area contributed by atoms with Gasteiger partial charge >= 0.3 is 0 Å². The Bertz CT molecular complexity index is 1470. The Morgan fingerprint density at radius 2 is 1.84 bits per heavy atom. The van der Waals surface area contributed by atoms with Crippen molar-refractivity contribution in [2.24, 2.45) is 17.3 Å². The van der Waals surface area contributed by atoms with E-state index in [2.05, 4.69) is 40.8 Å². The highest BCUT2D eigenvalue weighted by molar-refractivity contribution is 6.01. The van der Waals surface area contributed by atoms with Crippen molar-refractivity contribution in [1.29, 1.82) is 5.41 Å². The minimum absolute atomic E-state index is 0.0411. The van der Waals surface area contributed by atoms with Gasteiger partial charge in [-0.15, -0.1) is 0 Å². The SMILES string of the molecule is CCN1CCN(C(=N)c2ccc(C#CC3(CC(C)C4CCc5cc(OC)ccc5C(=O)C4)CCCC(=O)NC3=O)cc2)CC1. The molecule has 0 radical (unpaired) electrons. The largest absolute Gasteiger partial charge is 0.497 e. The molecule has 5 rings (SSSR count). The lowest BCUT2D eigenvalue weighted by Gasteiger charge is -2.35. The van der Waals surface area contributed by atoms with E-state index < -0.39 is 5.41 Å². The highest BCUT2D eigenvalue weighted by Crippen LogP contribution is 2.40. The number of nitrogens with zero attached hydrogens (tertiary/aromatic N) is 2.